The molecule has 0 bridgehead atoms. The van der Waals surface area contributed by atoms with E-state index in [1.165, 1.54) is 0 Å². The van der Waals surface area contributed by atoms with Gasteiger partial charge < -0.3 is 5.11 Å². The highest BCUT2D eigenvalue weighted by molar-refractivity contribution is 14.1. The Balaban J connectivity index is 3.31. The van der Waals surface area contributed by atoms with Crippen LogP contribution in [-0.2, 0) is 0 Å². The van der Waals surface area contributed by atoms with Crippen LogP contribution in [0.2, 0.25) is 5.02 Å². The molecule has 4 heteroatoms. The average molecular weight is 333 g/mol. The molecule has 0 atom stereocenters. The summed E-state index contributed by atoms with van der Waals surface area (Å²) in [6.07, 6.45) is 0. The smallest absolute Gasteiger partial charge is 0.147 e. The second-order valence-electron chi connectivity index (χ2n) is 1.72. The molecular weight excluding hydrogens is 330 g/mol. The van der Waals surface area contributed by atoms with Gasteiger partial charge in [0.1, 0.15) is 5.75 Å². The molecule has 0 aliphatic carbocycles. The maximum absolute atomic E-state index is 9.17. The lowest BCUT2D eigenvalue weighted by atomic mass is 10.3. The van der Waals surface area contributed by atoms with Crippen molar-refractivity contribution in [3.8, 4) is 5.75 Å². The molecule has 0 amide bonds. The van der Waals surface area contributed by atoms with Crippen LogP contribution in [0.1, 0.15) is 0 Å². The SMILES string of the molecule is Oc1c(Cl)cc(Br)cc1I. The van der Waals surface area contributed by atoms with Gasteiger partial charge in [0.2, 0.25) is 0 Å². The van der Waals surface area contributed by atoms with Crippen LogP contribution in [-0.4, -0.2) is 5.11 Å². The van der Waals surface area contributed by atoms with Crippen molar-refractivity contribution in [2.75, 3.05) is 0 Å². The molecule has 0 fully saturated rings. The molecule has 54 valence electrons. The van der Waals surface area contributed by atoms with Crippen LogP contribution in [0.15, 0.2) is 16.6 Å². The molecule has 1 rings (SSSR count). The summed E-state index contributed by atoms with van der Waals surface area (Å²) in [5.41, 5.74) is 0. The predicted octanol–water partition coefficient (Wildman–Crippen LogP) is 3.41. The lowest BCUT2D eigenvalue weighted by molar-refractivity contribution is 0.471. The first-order chi connectivity index (χ1) is 4.61. The van der Waals surface area contributed by atoms with E-state index in [4.69, 9.17) is 11.6 Å². The molecule has 0 aliphatic heterocycles. The van der Waals surface area contributed by atoms with Crippen molar-refractivity contribution in [3.05, 3.63) is 25.2 Å². The highest BCUT2D eigenvalue weighted by atomic mass is 127. The van der Waals surface area contributed by atoms with Gasteiger partial charge in [-0.15, -0.1) is 0 Å². The molecule has 1 aromatic rings. The minimum absolute atomic E-state index is 0.144. The maximum atomic E-state index is 9.17. The predicted molar refractivity (Wildman–Crippen MR) is 53.5 cm³/mol. The van der Waals surface area contributed by atoms with Gasteiger partial charge in [0.25, 0.3) is 0 Å². The summed E-state index contributed by atoms with van der Waals surface area (Å²) < 4.78 is 1.62. The minimum Gasteiger partial charge on any atom is -0.505 e. The third kappa shape index (κ3) is 1.77. The van der Waals surface area contributed by atoms with Gasteiger partial charge in [-0.05, 0) is 34.7 Å². The van der Waals surface area contributed by atoms with Crippen LogP contribution in [0.3, 0.4) is 0 Å². The fourth-order valence-electron chi connectivity index (χ4n) is 0.535. The number of halogens is 3. The Bertz CT molecular complexity index is 241. The maximum Gasteiger partial charge on any atom is 0.147 e. The number of hydrogen-bond acceptors (Lipinski definition) is 1. The highest BCUT2D eigenvalue weighted by Gasteiger charge is 2.03. The first-order valence-corrected chi connectivity index (χ1v) is 4.69. The third-order valence-electron chi connectivity index (χ3n) is 0.982. The molecule has 0 aliphatic rings. The molecule has 0 saturated heterocycles. The quantitative estimate of drug-likeness (QED) is 0.722. The van der Waals surface area contributed by atoms with E-state index >= 15 is 0 Å². The number of phenols is 1. The van der Waals surface area contributed by atoms with Gasteiger partial charge in [-0.3, -0.25) is 0 Å². The zero-order valence-electron chi connectivity index (χ0n) is 4.74. The minimum atomic E-state index is 0.144. The Morgan fingerprint density at radius 3 is 2.60 bits per heavy atom. The number of hydrogen-bond donors (Lipinski definition) is 1. The normalized spacial score (nSPS) is 9.90. The highest BCUT2D eigenvalue weighted by Crippen LogP contribution is 2.31. The van der Waals surface area contributed by atoms with Gasteiger partial charge in [-0.1, -0.05) is 27.5 Å². The van der Waals surface area contributed by atoms with Gasteiger partial charge in [0, 0.05) is 4.47 Å². The molecule has 1 aromatic carbocycles. The molecule has 10 heavy (non-hydrogen) atoms. The largest absolute Gasteiger partial charge is 0.505 e. The Hall–Kier alpha value is 0.520. The number of rotatable bonds is 0. The summed E-state index contributed by atoms with van der Waals surface area (Å²) in [6.45, 7) is 0. The van der Waals surface area contributed by atoms with E-state index < -0.39 is 0 Å². The zero-order chi connectivity index (χ0) is 7.72. The Kier molecular flexibility index (Phi) is 2.82. The molecule has 0 spiro atoms. The van der Waals surface area contributed by atoms with Crippen LogP contribution in [0, 0.1) is 3.57 Å². The van der Waals surface area contributed by atoms with E-state index in [-0.39, 0.29) is 5.75 Å². The van der Waals surface area contributed by atoms with Crippen LogP contribution < -0.4 is 0 Å². The van der Waals surface area contributed by atoms with Crippen LogP contribution in [0.25, 0.3) is 0 Å². The summed E-state index contributed by atoms with van der Waals surface area (Å²) in [6, 6.07) is 3.45. The van der Waals surface area contributed by atoms with Gasteiger partial charge in [0.15, 0.2) is 0 Å². The molecule has 1 N–H and O–H groups in total. The van der Waals surface area contributed by atoms with Gasteiger partial charge in [-0.25, -0.2) is 0 Å². The van der Waals surface area contributed by atoms with Crippen molar-refractivity contribution < 1.29 is 5.11 Å². The average Bonchev–Trinajstić information content (AvgIpc) is 1.82. The number of benzene rings is 1. The Labute approximate surface area is 85.7 Å². The van der Waals surface area contributed by atoms with Crippen molar-refractivity contribution >= 4 is 50.1 Å². The summed E-state index contributed by atoms with van der Waals surface area (Å²) >= 11 is 10.9. The Morgan fingerprint density at radius 2 is 2.10 bits per heavy atom. The molecule has 1 nitrogen and oxygen atoms in total. The molecule has 0 unspecified atom stereocenters. The van der Waals surface area contributed by atoms with Crippen LogP contribution >= 0.6 is 50.1 Å². The second-order valence-corrected chi connectivity index (χ2v) is 4.20. The van der Waals surface area contributed by atoms with E-state index in [9.17, 15) is 5.11 Å². The van der Waals surface area contributed by atoms with Crippen LogP contribution in [0.4, 0.5) is 0 Å². The molecular formula is C6H3BrClIO. The standard InChI is InChI=1S/C6H3BrClIO/c7-3-1-4(8)6(10)5(9)2-3/h1-2,10H. The second kappa shape index (κ2) is 3.28. The zero-order valence-corrected chi connectivity index (χ0v) is 9.24. The number of phenolic OH excluding ortho intramolecular Hbond substituents is 1. The van der Waals surface area contributed by atoms with E-state index in [1.54, 1.807) is 12.1 Å². The first-order valence-electron chi connectivity index (χ1n) is 2.45. The van der Waals surface area contributed by atoms with E-state index in [0.717, 1.165) is 8.04 Å². The van der Waals surface area contributed by atoms with Gasteiger partial charge in [-0.2, -0.15) is 0 Å². The molecule has 0 saturated carbocycles. The van der Waals surface area contributed by atoms with Gasteiger partial charge >= 0.3 is 0 Å². The van der Waals surface area contributed by atoms with E-state index in [0.29, 0.717) is 5.02 Å². The summed E-state index contributed by atoms with van der Waals surface area (Å²) in [5.74, 6) is 0.144. The number of aromatic hydroxyl groups is 1. The van der Waals surface area contributed by atoms with Crippen molar-refractivity contribution in [2.45, 2.75) is 0 Å². The van der Waals surface area contributed by atoms with Crippen molar-refractivity contribution in [1.29, 1.82) is 0 Å². The fourth-order valence-corrected chi connectivity index (χ4v) is 2.56. The van der Waals surface area contributed by atoms with Crippen LogP contribution in [0.5, 0.6) is 5.75 Å². The summed E-state index contributed by atoms with van der Waals surface area (Å²) in [5, 5.41) is 9.54. The Morgan fingerprint density at radius 1 is 1.50 bits per heavy atom. The van der Waals surface area contributed by atoms with Crippen molar-refractivity contribution in [1.82, 2.24) is 0 Å². The fraction of sp³-hybridized carbons (Fsp3) is 0. The van der Waals surface area contributed by atoms with Crippen molar-refractivity contribution in [2.24, 2.45) is 0 Å². The lowest BCUT2D eigenvalue weighted by Crippen LogP contribution is -1.75. The summed E-state index contributed by atoms with van der Waals surface area (Å²) in [4.78, 5) is 0. The monoisotopic (exact) mass is 332 g/mol. The summed E-state index contributed by atoms with van der Waals surface area (Å²) in [7, 11) is 0. The van der Waals surface area contributed by atoms with Crippen molar-refractivity contribution in [3.63, 3.8) is 0 Å². The van der Waals surface area contributed by atoms with E-state index in [2.05, 4.69) is 15.9 Å². The first kappa shape index (κ1) is 8.62. The third-order valence-corrected chi connectivity index (χ3v) is 2.55. The lowest BCUT2D eigenvalue weighted by Gasteiger charge is -1.99. The topological polar surface area (TPSA) is 20.2 Å². The van der Waals surface area contributed by atoms with E-state index in [1.807, 2.05) is 22.6 Å². The molecule has 0 heterocycles. The molecule has 0 radical (unpaired) electrons. The van der Waals surface area contributed by atoms with Gasteiger partial charge in [0.05, 0.1) is 8.59 Å². The molecule has 0 aromatic heterocycles.